The highest BCUT2D eigenvalue weighted by Crippen LogP contribution is 2.37. The SMILES string of the molecule is N#Cc1ccccc1NC(=O)C(=O)NC[C@@H]1COC2(CCCCC2)O1. The molecule has 2 N–H and O–H groups in total. The van der Waals surface area contributed by atoms with Crippen molar-refractivity contribution < 1.29 is 19.1 Å². The first-order chi connectivity index (χ1) is 12.1. The lowest BCUT2D eigenvalue weighted by Crippen LogP contribution is -2.41. The van der Waals surface area contributed by atoms with Crippen molar-refractivity contribution in [3.63, 3.8) is 0 Å². The van der Waals surface area contributed by atoms with Gasteiger partial charge < -0.3 is 20.1 Å². The number of carbonyl (C=O) groups is 2. The normalized spacial score (nSPS) is 21.5. The second kappa shape index (κ2) is 7.64. The minimum atomic E-state index is -0.811. The van der Waals surface area contributed by atoms with E-state index in [2.05, 4.69) is 10.6 Å². The quantitative estimate of drug-likeness (QED) is 0.814. The Kier molecular flexibility index (Phi) is 5.31. The summed E-state index contributed by atoms with van der Waals surface area (Å²) in [4.78, 5) is 23.9. The van der Waals surface area contributed by atoms with E-state index in [4.69, 9.17) is 14.7 Å². The standard InChI is InChI=1S/C18H21N3O4/c19-10-13-6-2-3-7-15(13)21-17(23)16(22)20-11-14-12-24-18(25-14)8-4-1-5-9-18/h2-3,6-7,14H,1,4-5,8-9,11-12H2,(H,20,22)(H,21,23)/t14-/m1/s1. The number of hydrogen-bond acceptors (Lipinski definition) is 5. The van der Waals surface area contributed by atoms with Crippen molar-refractivity contribution in [2.75, 3.05) is 18.5 Å². The summed E-state index contributed by atoms with van der Waals surface area (Å²) in [6.45, 7) is 0.632. The zero-order valence-electron chi connectivity index (χ0n) is 13.9. The summed E-state index contributed by atoms with van der Waals surface area (Å²) >= 11 is 0. The molecule has 7 nitrogen and oxygen atoms in total. The van der Waals surface area contributed by atoms with Gasteiger partial charge in [-0.3, -0.25) is 9.59 Å². The maximum absolute atomic E-state index is 12.0. The predicted octanol–water partition coefficient (Wildman–Crippen LogP) is 1.69. The lowest BCUT2D eigenvalue weighted by molar-refractivity contribution is -0.186. The summed E-state index contributed by atoms with van der Waals surface area (Å²) in [6.07, 6.45) is 4.87. The van der Waals surface area contributed by atoms with Crippen LogP contribution in [0.5, 0.6) is 0 Å². The van der Waals surface area contributed by atoms with Crippen LogP contribution in [-0.2, 0) is 19.1 Å². The third-order valence-electron chi connectivity index (χ3n) is 4.52. The van der Waals surface area contributed by atoms with E-state index in [9.17, 15) is 9.59 Å². The molecule has 2 aliphatic rings. The first-order valence-corrected chi connectivity index (χ1v) is 8.52. The number of benzene rings is 1. The van der Waals surface area contributed by atoms with Gasteiger partial charge in [-0.05, 0) is 25.0 Å². The number of carbonyl (C=O) groups excluding carboxylic acids is 2. The molecule has 3 rings (SSSR count). The zero-order valence-corrected chi connectivity index (χ0v) is 13.9. The van der Waals surface area contributed by atoms with Crippen LogP contribution in [0.3, 0.4) is 0 Å². The first-order valence-electron chi connectivity index (χ1n) is 8.52. The van der Waals surface area contributed by atoms with E-state index in [0.29, 0.717) is 17.9 Å². The monoisotopic (exact) mass is 343 g/mol. The topological polar surface area (TPSA) is 100 Å². The van der Waals surface area contributed by atoms with E-state index in [1.165, 1.54) is 6.42 Å². The van der Waals surface area contributed by atoms with Gasteiger partial charge in [0.05, 0.1) is 17.9 Å². The number of nitriles is 1. The molecule has 132 valence electrons. The molecule has 2 amide bonds. The fraction of sp³-hybridized carbons (Fsp3) is 0.500. The summed E-state index contributed by atoms with van der Waals surface area (Å²) in [7, 11) is 0. The summed E-state index contributed by atoms with van der Waals surface area (Å²) < 4.78 is 11.8. The molecule has 1 aromatic rings. The molecule has 0 radical (unpaired) electrons. The molecule has 1 aliphatic heterocycles. The van der Waals surface area contributed by atoms with Crippen molar-refractivity contribution in [1.29, 1.82) is 5.26 Å². The lowest BCUT2D eigenvalue weighted by atomic mass is 9.94. The Morgan fingerprint density at radius 2 is 1.96 bits per heavy atom. The Balaban J connectivity index is 1.48. The molecule has 1 saturated heterocycles. The van der Waals surface area contributed by atoms with Gasteiger partial charge in [0.25, 0.3) is 0 Å². The van der Waals surface area contributed by atoms with Gasteiger partial charge in [0.2, 0.25) is 0 Å². The Morgan fingerprint density at radius 3 is 2.72 bits per heavy atom. The van der Waals surface area contributed by atoms with E-state index in [1.807, 2.05) is 6.07 Å². The van der Waals surface area contributed by atoms with Crippen LogP contribution in [0.25, 0.3) is 0 Å². The van der Waals surface area contributed by atoms with Crippen LogP contribution in [0.2, 0.25) is 0 Å². The first kappa shape index (κ1) is 17.4. The summed E-state index contributed by atoms with van der Waals surface area (Å²) in [5.74, 6) is -2.07. The maximum Gasteiger partial charge on any atom is 0.313 e. The second-order valence-electron chi connectivity index (χ2n) is 6.34. The summed E-state index contributed by atoms with van der Waals surface area (Å²) in [5, 5.41) is 14.0. The zero-order chi connectivity index (χ0) is 17.7. The molecule has 7 heteroatoms. The van der Waals surface area contributed by atoms with E-state index in [1.54, 1.807) is 24.3 Å². The molecule has 1 atom stereocenters. The van der Waals surface area contributed by atoms with Crippen LogP contribution in [0.4, 0.5) is 5.69 Å². The molecular formula is C18H21N3O4. The number of rotatable bonds is 3. The van der Waals surface area contributed by atoms with Gasteiger partial charge in [-0.1, -0.05) is 18.6 Å². The number of ether oxygens (including phenoxy) is 2. The van der Waals surface area contributed by atoms with E-state index in [-0.39, 0.29) is 12.6 Å². The van der Waals surface area contributed by atoms with Gasteiger partial charge in [-0.2, -0.15) is 5.26 Å². The van der Waals surface area contributed by atoms with Crippen LogP contribution in [-0.4, -0.2) is 36.9 Å². The van der Waals surface area contributed by atoms with Crippen molar-refractivity contribution in [3.05, 3.63) is 29.8 Å². The van der Waals surface area contributed by atoms with Gasteiger partial charge in [-0.15, -0.1) is 0 Å². The average molecular weight is 343 g/mol. The van der Waals surface area contributed by atoms with E-state index >= 15 is 0 Å². The van der Waals surface area contributed by atoms with E-state index < -0.39 is 17.6 Å². The number of hydrogen-bond donors (Lipinski definition) is 2. The van der Waals surface area contributed by atoms with Gasteiger partial charge in [-0.25, -0.2) is 0 Å². The second-order valence-corrected chi connectivity index (χ2v) is 6.34. The largest absolute Gasteiger partial charge is 0.347 e. The van der Waals surface area contributed by atoms with Crippen molar-refractivity contribution in [3.8, 4) is 6.07 Å². The van der Waals surface area contributed by atoms with Crippen LogP contribution in [0, 0.1) is 11.3 Å². The molecule has 0 aromatic heterocycles. The molecule has 0 unspecified atom stereocenters. The van der Waals surface area contributed by atoms with Gasteiger partial charge in [0.15, 0.2) is 5.79 Å². The molecule has 1 aromatic carbocycles. The summed E-state index contributed by atoms with van der Waals surface area (Å²) in [5.41, 5.74) is 0.613. The number of nitrogens with zero attached hydrogens (tertiary/aromatic N) is 1. The number of nitrogens with one attached hydrogen (secondary N) is 2. The third-order valence-corrected chi connectivity index (χ3v) is 4.52. The van der Waals surface area contributed by atoms with Crippen LogP contribution in [0.1, 0.15) is 37.7 Å². The summed E-state index contributed by atoms with van der Waals surface area (Å²) in [6, 6.07) is 8.48. The molecule has 2 fully saturated rings. The smallest absolute Gasteiger partial charge is 0.313 e. The van der Waals surface area contributed by atoms with Gasteiger partial charge >= 0.3 is 11.8 Å². The highest BCUT2D eigenvalue weighted by molar-refractivity contribution is 6.39. The van der Waals surface area contributed by atoms with Gasteiger partial charge in [0, 0.05) is 19.4 Å². The fourth-order valence-electron chi connectivity index (χ4n) is 3.23. The Morgan fingerprint density at radius 1 is 1.20 bits per heavy atom. The predicted molar refractivity (Wildman–Crippen MR) is 89.4 cm³/mol. The third kappa shape index (κ3) is 4.16. The molecule has 0 bridgehead atoms. The van der Waals surface area contributed by atoms with Crippen molar-refractivity contribution in [1.82, 2.24) is 5.32 Å². The van der Waals surface area contributed by atoms with Crippen molar-refractivity contribution in [2.24, 2.45) is 0 Å². The minimum Gasteiger partial charge on any atom is -0.347 e. The lowest BCUT2D eigenvalue weighted by Gasteiger charge is -2.31. The Bertz CT molecular complexity index is 692. The fourth-order valence-corrected chi connectivity index (χ4v) is 3.23. The number of para-hydroxylation sites is 1. The Labute approximate surface area is 146 Å². The number of amides is 2. The maximum atomic E-state index is 12.0. The van der Waals surface area contributed by atoms with Crippen LogP contribution in [0.15, 0.2) is 24.3 Å². The molecular weight excluding hydrogens is 322 g/mol. The van der Waals surface area contributed by atoms with Crippen LogP contribution >= 0.6 is 0 Å². The number of anilines is 1. The molecule has 1 saturated carbocycles. The van der Waals surface area contributed by atoms with Crippen molar-refractivity contribution >= 4 is 17.5 Å². The average Bonchev–Trinajstić information content (AvgIpc) is 3.03. The highest BCUT2D eigenvalue weighted by atomic mass is 16.7. The molecule has 1 spiro atoms. The van der Waals surface area contributed by atoms with E-state index in [0.717, 1.165) is 25.7 Å². The molecule has 25 heavy (non-hydrogen) atoms. The Hall–Kier alpha value is -2.43. The molecule has 1 aliphatic carbocycles. The highest BCUT2D eigenvalue weighted by Gasteiger charge is 2.42. The minimum absolute atomic E-state index is 0.216. The van der Waals surface area contributed by atoms with Crippen molar-refractivity contribution in [2.45, 2.75) is 44.0 Å². The van der Waals surface area contributed by atoms with Gasteiger partial charge in [0.1, 0.15) is 12.2 Å². The van der Waals surface area contributed by atoms with Crippen LogP contribution < -0.4 is 10.6 Å². The molecule has 1 heterocycles.